The fourth-order valence-corrected chi connectivity index (χ4v) is 1.17. The first-order valence-corrected chi connectivity index (χ1v) is 4.28. The van der Waals surface area contributed by atoms with Gasteiger partial charge < -0.3 is 5.11 Å². The van der Waals surface area contributed by atoms with Gasteiger partial charge in [-0.25, -0.2) is 8.78 Å². The lowest BCUT2D eigenvalue weighted by atomic mass is 10.0. The molecule has 1 aromatic carbocycles. The van der Waals surface area contributed by atoms with Gasteiger partial charge in [0.05, 0.1) is 6.10 Å². The molecule has 1 N–H and O–H groups in total. The largest absolute Gasteiger partial charge is 0.388 e. The maximum atomic E-state index is 12.8. The Balaban J connectivity index is 2.85. The Bertz CT molecular complexity index is 347. The first kappa shape index (κ1) is 10.9. The van der Waals surface area contributed by atoms with E-state index in [0.29, 0.717) is 12.0 Å². The van der Waals surface area contributed by atoms with Gasteiger partial charge in [0.15, 0.2) is 11.6 Å². The lowest BCUT2D eigenvalue weighted by Gasteiger charge is -2.10. The average Bonchev–Trinajstić information content (AvgIpc) is 2.08. The first-order chi connectivity index (χ1) is 6.50. The summed E-state index contributed by atoms with van der Waals surface area (Å²) in [6, 6.07) is 3.38. The molecule has 0 bridgehead atoms. The van der Waals surface area contributed by atoms with E-state index in [1.165, 1.54) is 6.07 Å². The maximum absolute atomic E-state index is 12.8. The number of rotatable bonds is 3. The van der Waals surface area contributed by atoms with Crippen LogP contribution in [0.2, 0.25) is 0 Å². The Morgan fingerprint density at radius 2 is 2.07 bits per heavy atom. The number of aliphatic hydroxyl groups excluding tert-OH is 1. The lowest BCUT2D eigenvalue weighted by molar-refractivity contribution is 0.178. The molecule has 1 unspecified atom stereocenters. The Labute approximate surface area is 81.7 Å². The Kier molecular flexibility index (Phi) is 3.36. The summed E-state index contributed by atoms with van der Waals surface area (Å²) < 4.78 is 25.3. The van der Waals surface area contributed by atoms with Crippen molar-refractivity contribution >= 4 is 0 Å². The third-order valence-corrected chi connectivity index (χ3v) is 1.87. The van der Waals surface area contributed by atoms with Gasteiger partial charge in [0, 0.05) is 0 Å². The van der Waals surface area contributed by atoms with Crippen molar-refractivity contribution in [3.8, 4) is 0 Å². The number of halogens is 2. The van der Waals surface area contributed by atoms with Gasteiger partial charge in [0.25, 0.3) is 0 Å². The van der Waals surface area contributed by atoms with Crippen molar-refractivity contribution in [3.63, 3.8) is 0 Å². The lowest BCUT2D eigenvalue weighted by Crippen LogP contribution is -1.99. The molecule has 1 aromatic rings. The highest BCUT2D eigenvalue weighted by atomic mass is 19.2. The minimum Gasteiger partial charge on any atom is -0.388 e. The van der Waals surface area contributed by atoms with Crippen LogP contribution in [0.4, 0.5) is 8.78 Å². The molecule has 0 aliphatic heterocycles. The normalized spacial score (nSPS) is 12.6. The van der Waals surface area contributed by atoms with E-state index < -0.39 is 17.7 Å². The summed E-state index contributed by atoms with van der Waals surface area (Å²) in [5.41, 5.74) is 1.16. The quantitative estimate of drug-likeness (QED) is 0.740. The molecule has 0 saturated heterocycles. The highest BCUT2D eigenvalue weighted by Gasteiger charge is 2.10. The summed E-state index contributed by atoms with van der Waals surface area (Å²) in [6.45, 7) is 5.40. The first-order valence-electron chi connectivity index (χ1n) is 4.28. The zero-order valence-corrected chi connectivity index (χ0v) is 7.93. The molecule has 14 heavy (non-hydrogen) atoms. The third-order valence-electron chi connectivity index (χ3n) is 1.87. The summed E-state index contributed by atoms with van der Waals surface area (Å²) in [6.07, 6.45) is -0.465. The summed E-state index contributed by atoms with van der Waals surface area (Å²) in [7, 11) is 0. The SMILES string of the molecule is C=C(C)CC(O)c1ccc(F)c(F)c1. The fourth-order valence-electron chi connectivity index (χ4n) is 1.17. The monoisotopic (exact) mass is 198 g/mol. The highest BCUT2D eigenvalue weighted by molar-refractivity contribution is 5.21. The van der Waals surface area contributed by atoms with Crippen LogP contribution in [0.25, 0.3) is 0 Å². The van der Waals surface area contributed by atoms with Gasteiger partial charge >= 0.3 is 0 Å². The number of hydrogen-bond acceptors (Lipinski definition) is 1. The van der Waals surface area contributed by atoms with Crippen LogP contribution in [0.3, 0.4) is 0 Å². The zero-order valence-electron chi connectivity index (χ0n) is 7.93. The number of hydrogen-bond donors (Lipinski definition) is 1. The molecule has 0 aromatic heterocycles. The maximum Gasteiger partial charge on any atom is 0.159 e. The van der Waals surface area contributed by atoms with Crippen LogP contribution in [0.1, 0.15) is 25.0 Å². The summed E-state index contributed by atoms with van der Waals surface area (Å²) in [5, 5.41) is 9.56. The molecule has 0 amide bonds. The van der Waals surface area contributed by atoms with Crippen molar-refractivity contribution in [2.75, 3.05) is 0 Å². The molecule has 0 saturated carbocycles. The molecule has 1 atom stereocenters. The van der Waals surface area contributed by atoms with Gasteiger partial charge in [-0.15, -0.1) is 6.58 Å². The average molecular weight is 198 g/mol. The van der Waals surface area contributed by atoms with Crippen LogP contribution in [-0.4, -0.2) is 5.11 Å². The van der Waals surface area contributed by atoms with E-state index in [2.05, 4.69) is 6.58 Å². The van der Waals surface area contributed by atoms with Crippen LogP contribution in [0.15, 0.2) is 30.4 Å². The van der Waals surface area contributed by atoms with Gasteiger partial charge in [0.2, 0.25) is 0 Å². The van der Waals surface area contributed by atoms with E-state index in [4.69, 9.17) is 0 Å². The Hall–Kier alpha value is -1.22. The van der Waals surface area contributed by atoms with Crippen LogP contribution in [0, 0.1) is 11.6 Å². The van der Waals surface area contributed by atoms with Gasteiger partial charge in [-0.05, 0) is 31.0 Å². The van der Waals surface area contributed by atoms with Crippen LogP contribution in [0.5, 0.6) is 0 Å². The third kappa shape index (κ3) is 2.64. The van der Waals surface area contributed by atoms with Crippen molar-refractivity contribution in [1.82, 2.24) is 0 Å². The minimum absolute atomic E-state index is 0.352. The van der Waals surface area contributed by atoms with Gasteiger partial charge in [-0.3, -0.25) is 0 Å². The molecule has 76 valence electrons. The van der Waals surface area contributed by atoms with Crippen molar-refractivity contribution in [2.45, 2.75) is 19.4 Å². The van der Waals surface area contributed by atoms with Crippen molar-refractivity contribution in [3.05, 3.63) is 47.5 Å². The Morgan fingerprint density at radius 1 is 1.43 bits per heavy atom. The molecule has 1 nitrogen and oxygen atoms in total. The van der Waals surface area contributed by atoms with E-state index in [1.807, 2.05) is 0 Å². The van der Waals surface area contributed by atoms with Crippen LogP contribution in [-0.2, 0) is 0 Å². The zero-order chi connectivity index (χ0) is 10.7. The Morgan fingerprint density at radius 3 is 2.57 bits per heavy atom. The van der Waals surface area contributed by atoms with Crippen molar-refractivity contribution in [2.24, 2.45) is 0 Å². The second-order valence-electron chi connectivity index (χ2n) is 3.35. The molecule has 0 radical (unpaired) electrons. The minimum atomic E-state index is -0.941. The van der Waals surface area contributed by atoms with Gasteiger partial charge in [-0.1, -0.05) is 11.6 Å². The second-order valence-corrected chi connectivity index (χ2v) is 3.35. The van der Waals surface area contributed by atoms with Crippen molar-refractivity contribution < 1.29 is 13.9 Å². The van der Waals surface area contributed by atoms with E-state index in [0.717, 1.165) is 17.7 Å². The molecule has 0 fully saturated rings. The summed E-state index contributed by atoms with van der Waals surface area (Å²) in [4.78, 5) is 0. The molecular weight excluding hydrogens is 186 g/mol. The topological polar surface area (TPSA) is 20.2 Å². The smallest absolute Gasteiger partial charge is 0.159 e. The fraction of sp³-hybridized carbons (Fsp3) is 0.273. The van der Waals surface area contributed by atoms with Crippen LogP contribution < -0.4 is 0 Å². The van der Waals surface area contributed by atoms with E-state index in [-0.39, 0.29) is 0 Å². The van der Waals surface area contributed by atoms with Gasteiger partial charge in [0.1, 0.15) is 0 Å². The van der Waals surface area contributed by atoms with E-state index in [9.17, 15) is 13.9 Å². The molecule has 1 rings (SSSR count). The van der Waals surface area contributed by atoms with E-state index >= 15 is 0 Å². The number of benzene rings is 1. The molecule has 0 aliphatic carbocycles. The summed E-state index contributed by atoms with van der Waals surface area (Å²) in [5.74, 6) is -1.85. The summed E-state index contributed by atoms with van der Waals surface area (Å²) >= 11 is 0. The molecule has 3 heteroatoms. The number of aliphatic hydroxyl groups is 1. The second kappa shape index (κ2) is 4.33. The molecule has 0 aliphatic rings. The molecular formula is C11H12F2O. The molecule has 0 spiro atoms. The predicted octanol–water partition coefficient (Wildman–Crippen LogP) is 2.96. The van der Waals surface area contributed by atoms with Gasteiger partial charge in [-0.2, -0.15) is 0 Å². The highest BCUT2D eigenvalue weighted by Crippen LogP contribution is 2.21. The molecule has 0 heterocycles. The standard InChI is InChI=1S/C11H12F2O/c1-7(2)5-11(14)8-3-4-9(12)10(13)6-8/h3-4,6,11,14H,1,5H2,2H3. The van der Waals surface area contributed by atoms with E-state index in [1.54, 1.807) is 6.92 Å². The van der Waals surface area contributed by atoms with Crippen LogP contribution >= 0.6 is 0 Å². The van der Waals surface area contributed by atoms with Crippen molar-refractivity contribution in [1.29, 1.82) is 0 Å². The predicted molar refractivity (Wildman–Crippen MR) is 50.7 cm³/mol.